The summed E-state index contributed by atoms with van der Waals surface area (Å²) in [6.07, 6.45) is 3.10. The maximum Gasteiger partial charge on any atom is 0.237 e. The van der Waals surface area contributed by atoms with Gasteiger partial charge in [-0.25, -0.2) is 8.42 Å². The van der Waals surface area contributed by atoms with E-state index in [0.717, 1.165) is 0 Å². The Hall–Kier alpha value is -1.08. The van der Waals surface area contributed by atoms with Crippen molar-refractivity contribution in [1.82, 2.24) is 9.78 Å². The average Bonchev–Trinajstić information content (AvgIpc) is 2.70. The van der Waals surface area contributed by atoms with Crippen molar-refractivity contribution in [3.63, 3.8) is 0 Å². The molecule has 0 spiro atoms. The lowest BCUT2D eigenvalue weighted by atomic mass is 10.4. The third-order valence-corrected chi connectivity index (χ3v) is 4.36. The number of rotatable bonds is 2. The number of aryl methyl sites for hydroxylation is 1. The van der Waals surface area contributed by atoms with Crippen LogP contribution >= 0.6 is 10.7 Å². The first-order valence-electron chi connectivity index (χ1n) is 4.60. The van der Waals surface area contributed by atoms with Crippen LogP contribution in [0.5, 0.6) is 0 Å². The number of hydrogen-bond acceptors (Lipinski definition) is 4. The smallest absolute Gasteiger partial charge is 0.237 e. The molecule has 0 aromatic carbocycles. The number of halogens is 1. The minimum Gasteiger partial charge on any atom is -0.308 e. The van der Waals surface area contributed by atoms with Crippen molar-refractivity contribution in [2.24, 2.45) is 7.05 Å². The molecule has 1 amide bonds. The van der Waals surface area contributed by atoms with Crippen LogP contribution in [0.2, 0.25) is 0 Å². The number of anilines is 1. The Labute approximate surface area is 97.2 Å². The summed E-state index contributed by atoms with van der Waals surface area (Å²) in [5.74, 6) is -0.248. The molecule has 1 aromatic rings. The lowest BCUT2D eigenvalue weighted by molar-refractivity contribution is -0.117. The predicted molar refractivity (Wildman–Crippen MR) is 58.7 cm³/mol. The van der Waals surface area contributed by atoms with Gasteiger partial charge in [-0.15, -0.1) is 0 Å². The summed E-state index contributed by atoms with van der Waals surface area (Å²) >= 11 is 0. The monoisotopic (exact) mass is 263 g/mol. The SMILES string of the molecule is Cn1cc(N2CC(S(=O)(=O)Cl)CC2=O)cn1. The minimum absolute atomic E-state index is 0.0687. The van der Waals surface area contributed by atoms with Crippen LogP contribution in [0.4, 0.5) is 5.69 Å². The number of hydrogen-bond donors (Lipinski definition) is 0. The van der Waals surface area contributed by atoms with Crippen LogP contribution in [0.15, 0.2) is 12.4 Å². The number of nitrogens with zero attached hydrogens (tertiary/aromatic N) is 3. The molecule has 0 N–H and O–H groups in total. The largest absolute Gasteiger partial charge is 0.308 e. The molecule has 88 valence electrons. The Bertz CT molecular complexity index is 524. The first-order valence-corrected chi connectivity index (χ1v) is 6.97. The molecule has 0 radical (unpaired) electrons. The highest BCUT2D eigenvalue weighted by Crippen LogP contribution is 2.25. The van der Waals surface area contributed by atoms with Crippen LogP contribution in [0.3, 0.4) is 0 Å². The molecule has 1 fully saturated rings. The van der Waals surface area contributed by atoms with Crippen molar-refractivity contribution >= 4 is 31.3 Å². The molecule has 1 unspecified atom stereocenters. The molecule has 2 heterocycles. The summed E-state index contributed by atoms with van der Waals surface area (Å²) in [5.41, 5.74) is 0.593. The van der Waals surface area contributed by atoms with Gasteiger partial charge < -0.3 is 4.90 Å². The second-order valence-electron chi connectivity index (χ2n) is 3.68. The lowest BCUT2D eigenvalue weighted by Crippen LogP contribution is -2.26. The number of carbonyl (C=O) groups excluding carboxylic acids is 1. The fourth-order valence-corrected chi connectivity index (χ4v) is 2.69. The molecule has 1 aliphatic rings. The molecule has 0 aliphatic carbocycles. The van der Waals surface area contributed by atoms with Crippen molar-refractivity contribution < 1.29 is 13.2 Å². The molecule has 0 saturated carbocycles. The zero-order valence-electron chi connectivity index (χ0n) is 8.50. The standard InChI is InChI=1S/C8H10ClN3O3S/c1-11-4-6(3-10-11)12-5-7(2-8(12)13)16(9,14)15/h3-4,7H,2,5H2,1H3. The molecule has 1 aliphatic heterocycles. The summed E-state index contributed by atoms with van der Waals surface area (Å²) < 4.78 is 23.8. The van der Waals surface area contributed by atoms with Crippen LogP contribution in [0.1, 0.15) is 6.42 Å². The highest BCUT2D eigenvalue weighted by atomic mass is 35.7. The van der Waals surface area contributed by atoms with E-state index in [0.29, 0.717) is 5.69 Å². The van der Waals surface area contributed by atoms with Gasteiger partial charge in [0.15, 0.2) is 0 Å². The van der Waals surface area contributed by atoms with Crippen LogP contribution in [-0.2, 0) is 20.9 Å². The first-order chi connectivity index (χ1) is 7.38. The molecule has 1 atom stereocenters. The summed E-state index contributed by atoms with van der Waals surface area (Å²) in [6, 6.07) is 0. The zero-order valence-corrected chi connectivity index (χ0v) is 10.1. The second-order valence-corrected chi connectivity index (χ2v) is 6.59. The van der Waals surface area contributed by atoms with Gasteiger partial charge in [0, 0.05) is 36.9 Å². The van der Waals surface area contributed by atoms with Gasteiger partial charge in [0.1, 0.15) is 5.25 Å². The zero-order chi connectivity index (χ0) is 11.9. The van der Waals surface area contributed by atoms with E-state index in [9.17, 15) is 13.2 Å². The Kier molecular flexibility index (Phi) is 2.67. The molecule has 1 aromatic heterocycles. The van der Waals surface area contributed by atoms with Gasteiger partial charge >= 0.3 is 0 Å². The number of carbonyl (C=O) groups is 1. The minimum atomic E-state index is -3.69. The number of aromatic nitrogens is 2. The average molecular weight is 264 g/mol. The fraction of sp³-hybridized carbons (Fsp3) is 0.500. The van der Waals surface area contributed by atoms with E-state index >= 15 is 0 Å². The lowest BCUT2D eigenvalue weighted by Gasteiger charge is -2.12. The summed E-state index contributed by atoms with van der Waals surface area (Å²) in [4.78, 5) is 13.0. The molecule has 0 bridgehead atoms. The fourth-order valence-electron chi connectivity index (χ4n) is 1.66. The molecule has 8 heteroatoms. The van der Waals surface area contributed by atoms with E-state index in [1.165, 1.54) is 11.1 Å². The van der Waals surface area contributed by atoms with Crippen LogP contribution in [0, 0.1) is 0 Å². The third kappa shape index (κ3) is 2.05. The number of amides is 1. The molecule has 6 nitrogen and oxygen atoms in total. The van der Waals surface area contributed by atoms with Crippen LogP contribution in [-0.4, -0.2) is 35.9 Å². The van der Waals surface area contributed by atoms with Gasteiger partial charge in [-0.3, -0.25) is 9.48 Å². The molecule has 1 saturated heterocycles. The summed E-state index contributed by atoms with van der Waals surface area (Å²) in [7, 11) is 3.27. The van der Waals surface area contributed by atoms with Crippen molar-refractivity contribution in [2.45, 2.75) is 11.7 Å². The van der Waals surface area contributed by atoms with E-state index in [-0.39, 0.29) is 18.9 Å². The van der Waals surface area contributed by atoms with E-state index in [4.69, 9.17) is 10.7 Å². The highest BCUT2D eigenvalue weighted by Gasteiger charge is 2.38. The maximum atomic E-state index is 11.6. The van der Waals surface area contributed by atoms with Gasteiger partial charge in [-0.2, -0.15) is 5.10 Å². The first kappa shape index (κ1) is 11.4. The highest BCUT2D eigenvalue weighted by molar-refractivity contribution is 8.14. The summed E-state index contributed by atoms with van der Waals surface area (Å²) in [6.45, 7) is 0.0936. The topological polar surface area (TPSA) is 72.3 Å². The predicted octanol–water partition coefficient (Wildman–Crippen LogP) is 0.0940. The van der Waals surface area contributed by atoms with Crippen molar-refractivity contribution in [3.8, 4) is 0 Å². The van der Waals surface area contributed by atoms with Gasteiger partial charge in [0.2, 0.25) is 15.0 Å². The van der Waals surface area contributed by atoms with E-state index in [1.807, 2.05) is 0 Å². The van der Waals surface area contributed by atoms with E-state index in [2.05, 4.69) is 5.10 Å². The summed E-state index contributed by atoms with van der Waals surface area (Å²) in [5, 5.41) is 3.09. The van der Waals surface area contributed by atoms with Gasteiger partial charge in [-0.05, 0) is 0 Å². The van der Waals surface area contributed by atoms with Crippen molar-refractivity contribution in [2.75, 3.05) is 11.4 Å². The maximum absolute atomic E-state index is 11.6. The third-order valence-electron chi connectivity index (χ3n) is 2.49. The van der Waals surface area contributed by atoms with Gasteiger partial charge in [0.25, 0.3) is 0 Å². The molecular weight excluding hydrogens is 254 g/mol. The second kappa shape index (κ2) is 3.74. The quantitative estimate of drug-likeness (QED) is 0.709. The van der Waals surface area contributed by atoms with Crippen LogP contribution in [0.25, 0.3) is 0 Å². The Morgan fingerprint density at radius 1 is 1.56 bits per heavy atom. The Morgan fingerprint density at radius 2 is 2.25 bits per heavy atom. The Morgan fingerprint density at radius 3 is 2.69 bits per heavy atom. The van der Waals surface area contributed by atoms with E-state index < -0.39 is 14.3 Å². The molecular formula is C8H10ClN3O3S. The van der Waals surface area contributed by atoms with Gasteiger partial charge in [-0.1, -0.05) is 0 Å². The van der Waals surface area contributed by atoms with E-state index in [1.54, 1.807) is 17.9 Å². The Balaban J connectivity index is 2.24. The van der Waals surface area contributed by atoms with Gasteiger partial charge in [0.05, 0.1) is 11.9 Å². The molecule has 2 rings (SSSR count). The van der Waals surface area contributed by atoms with Crippen LogP contribution < -0.4 is 4.90 Å². The normalized spacial score (nSPS) is 21.8. The van der Waals surface area contributed by atoms with Crippen molar-refractivity contribution in [1.29, 1.82) is 0 Å². The molecule has 16 heavy (non-hydrogen) atoms. The van der Waals surface area contributed by atoms with Crippen molar-refractivity contribution in [3.05, 3.63) is 12.4 Å².